The number of hydrogen-bond donors (Lipinski definition) is 0. The number of nitriles is 2. The van der Waals surface area contributed by atoms with Crippen molar-refractivity contribution in [1.82, 2.24) is 4.57 Å². The summed E-state index contributed by atoms with van der Waals surface area (Å²) in [6, 6.07) is 45.4. The van der Waals surface area contributed by atoms with Crippen LogP contribution in [-0.2, 0) is 0 Å². The summed E-state index contributed by atoms with van der Waals surface area (Å²) in [5.74, 6) is 0.0338. The highest BCUT2D eigenvalue weighted by atomic mass is 15.2. The molecule has 0 amide bonds. The first-order valence-electron chi connectivity index (χ1n) is 16.8. The largest absolute Gasteiger partial charge is 0.331 e. The Morgan fingerprint density at radius 2 is 1.45 bits per heavy atom. The topological polar surface area (TPSA) is 55.8 Å². The molecule has 9 rings (SSSR count). The number of aromatic nitrogens is 1. The van der Waals surface area contributed by atoms with Crippen molar-refractivity contribution < 1.29 is 0 Å². The van der Waals surface area contributed by atoms with E-state index in [0.717, 1.165) is 46.6 Å². The predicted octanol–water partition coefficient (Wildman–Crippen LogP) is 10.8. The monoisotopic (exact) mass is 628 g/mol. The van der Waals surface area contributed by atoms with Gasteiger partial charge in [0.15, 0.2) is 0 Å². The molecular formula is C45H32N4. The molecule has 0 saturated carbocycles. The maximum atomic E-state index is 10.5. The Labute approximate surface area is 286 Å². The molecule has 0 fully saturated rings. The number of allylic oxidation sites excluding steroid dienone is 5. The van der Waals surface area contributed by atoms with Crippen LogP contribution in [0.2, 0.25) is 0 Å². The van der Waals surface area contributed by atoms with Gasteiger partial charge in [-0.25, -0.2) is 0 Å². The number of anilines is 1. The minimum absolute atomic E-state index is 0.0338. The standard InChI is InChI=1S/C45H32N4/c1-45-26-25-30(28-46)27-39(45)37-14-4-8-19-42(37)49(45)43-20-9-5-15-38(43)44-32(29-47)11-10-16-34(44)31-21-23-33(24-22-31)48-40-17-6-2-12-35(40)36-13-3-7-18-41(36)48/h2-4,6-14,16-27,39H,5,15H2,1H3. The van der Waals surface area contributed by atoms with E-state index in [4.69, 9.17) is 0 Å². The van der Waals surface area contributed by atoms with E-state index in [1.165, 1.54) is 32.9 Å². The Hall–Kier alpha value is -6.36. The van der Waals surface area contributed by atoms with Crippen molar-refractivity contribution in [3.63, 3.8) is 0 Å². The first-order valence-corrected chi connectivity index (χ1v) is 16.8. The van der Waals surface area contributed by atoms with E-state index in [9.17, 15) is 10.5 Å². The van der Waals surface area contributed by atoms with Crippen LogP contribution in [0.3, 0.4) is 0 Å². The van der Waals surface area contributed by atoms with Crippen LogP contribution in [0.25, 0.3) is 44.2 Å². The summed E-state index contributed by atoms with van der Waals surface area (Å²) in [7, 11) is 0. The van der Waals surface area contributed by atoms with Crippen molar-refractivity contribution in [2.24, 2.45) is 0 Å². The third kappa shape index (κ3) is 4.28. The zero-order valence-corrected chi connectivity index (χ0v) is 27.1. The van der Waals surface area contributed by atoms with Gasteiger partial charge in [-0.2, -0.15) is 10.5 Å². The summed E-state index contributed by atoms with van der Waals surface area (Å²) in [6.45, 7) is 2.26. The molecule has 4 heteroatoms. The number of benzene rings is 5. The van der Waals surface area contributed by atoms with Crippen LogP contribution in [0.15, 0.2) is 157 Å². The van der Waals surface area contributed by atoms with Crippen LogP contribution < -0.4 is 4.90 Å². The minimum atomic E-state index is -0.405. The maximum absolute atomic E-state index is 10.5. The van der Waals surface area contributed by atoms with Crippen LogP contribution in [0.5, 0.6) is 0 Å². The van der Waals surface area contributed by atoms with Crippen LogP contribution in [-0.4, -0.2) is 10.1 Å². The van der Waals surface area contributed by atoms with Crippen molar-refractivity contribution in [2.45, 2.75) is 31.2 Å². The van der Waals surface area contributed by atoms with Crippen molar-refractivity contribution in [1.29, 1.82) is 10.5 Å². The lowest BCUT2D eigenvalue weighted by molar-refractivity contribution is 0.529. The lowest BCUT2D eigenvalue weighted by atomic mass is 9.78. The SMILES string of the molecule is CC12C=CC(C#N)=CC1c1ccccc1N2C1=C(c2c(C#N)cccc2-c2ccc(-n3c4ccccc4c4ccccc43)cc2)CCC=C1. The van der Waals surface area contributed by atoms with Crippen molar-refractivity contribution in [3.8, 4) is 29.0 Å². The van der Waals surface area contributed by atoms with Gasteiger partial charge in [0.05, 0.1) is 34.3 Å². The zero-order valence-electron chi connectivity index (χ0n) is 27.1. The Morgan fingerprint density at radius 1 is 0.735 bits per heavy atom. The molecule has 0 N–H and O–H groups in total. The van der Waals surface area contributed by atoms with Crippen LogP contribution in [0.1, 0.15) is 42.4 Å². The van der Waals surface area contributed by atoms with Gasteiger partial charge in [-0.15, -0.1) is 0 Å². The second-order valence-corrected chi connectivity index (χ2v) is 13.2. The van der Waals surface area contributed by atoms with E-state index in [2.05, 4.69) is 156 Å². The average molecular weight is 629 g/mol. The molecule has 3 aliphatic rings. The molecule has 2 heterocycles. The van der Waals surface area contributed by atoms with Gasteiger partial charge >= 0.3 is 0 Å². The summed E-state index contributed by atoms with van der Waals surface area (Å²) in [5.41, 5.74) is 12.2. The number of nitrogens with zero attached hydrogens (tertiary/aromatic N) is 4. The summed E-state index contributed by atoms with van der Waals surface area (Å²) >= 11 is 0. The Bertz CT molecular complexity index is 2490. The van der Waals surface area contributed by atoms with Gasteiger partial charge in [0.25, 0.3) is 0 Å². The third-order valence-electron chi connectivity index (χ3n) is 10.6. The maximum Gasteiger partial charge on any atom is 0.0998 e. The van der Waals surface area contributed by atoms with Gasteiger partial charge in [-0.1, -0.05) is 97.1 Å². The highest BCUT2D eigenvalue weighted by Crippen LogP contribution is 2.55. The zero-order chi connectivity index (χ0) is 33.1. The van der Waals surface area contributed by atoms with Crippen molar-refractivity contribution >= 4 is 33.1 Å². The molecule has 2 atom stereocenters. The molecule has 6 aromatic rings. The van der Waals surface area contributed by atoms with Gasteiger partial charge in [-0.05, 0) is 90.6 Å². The lowest BCUT2D eigenvalue weighted by Crippen LogP contribution is -2.45. The number of hydrogen-bond acceptors (Lipinski definition) is 3. The second-order valence-electron chi connectivity index (χ2n) is 13.2. The summed E-state index contributed by atoms with van der Waals surface area (Å²) < 4.78 is 2.33. The van der Waals surface area contributed by atoms with E-state index < -0.39 is 5.54 Å². The van der Waals surface area contributed by atoms with Gasteiger partial charge in [0.1, 0.15) is 0 Å². The molecule has 0 bridgehead atoms. The van der Waals surface area contributed by atoms with E-state index >= 15 is 0 Å². The van der Waals surface area contributed by atoms with Crippen LogP contribution in [0.4, 0.5) is 5.69 Å². The fourth-order valence-corrected chi connectivity index (χ4v) is 8.38. The molecule has 232 valence electrons. The molecule has 49 heavy (non-hydrogen) atoms. The summed E-state index contributed by atoms with van der Waals surface area (Å²) in [4.78, 5) is 2.45. The highest BCUT2D eigenvalue weighted by Gasteiger charge is 2.48. The summed E-state index contributed by atoms with van der Waals surface area (Å²) in [5, 5.41) is 22.8. The first-order chi connectivity index (χ1) is 24.1. The highest BCUT2D eigenvalue weighted by molar-refractivity contribution is 6.09. The van der Waals surface area contributed by atoms with Gasteiger partial charge in [0, 0.05) is 44.9 Å². The molecule has 1 aliphatic heterocycles. The molecule has 1 aromatic heterocycles. The smallest absolute Gasteiger partial charge is 0.0998 e. The quantitative estimate of drug-likeness (QED) is 0.195. The normalized spacial score (nSPS) is 19.4. The van der Waals surface area contributed by atoms with Crippen molar-refractivity contribution in [3.05, 3.63) is 174 Å². The fourth-order valence-electron chi connectivity index (χ4n) is 8.38. The number of para-hydroxylation sites is 3. The predicted molar refractivity (Wildman–Crippen MR) is 199 cm³/mol. The van der Waals surface area contributed by atoms with E-state index in [1.807, 2.05) is 18.2 Å². The molecule has 0 radical (unpaired) electrons. The first kappa shape index (κ1) is 28.8. The van der Waals surface area contributed by atoms with Crippen LogP contribution in [0, 0.1) is 22.7 Å². The Morgan fingerprint density at radius 3 is 2.18 bits per heavy atom. The molecule has 0 spiro atoms. The van der Waals surface area contributed by atoms with E-state index in [1.54, 1.807) is 0 Å². The number of rotatable bonds is 4. The van der Waals surface area contributed by atoms with E-state index in [-0.39, 0.29) is 5.92 Å². The fraction of sp³-hybridized carbons (Fsp3) is 0.111. The molecular weight excluding hydrogens is 597 g/mol. The average Bonchev–Trinajstić information content (AvgIpc) is 3.63. The van der Waals surface area contributed by atoms with Gasteiger partial charge in [0.2, 0.25) is 0 Å². The molecule has 4 nitrogen and oxygen atoms in total. The molecule has 5 aromatic carbocycles. The molecule has 2 unspecified atom stereocenters. The lowest BCUT2D eigenvalue weighted by Gasteiger charge is -2.42. The Kier molecular flexibility index (Phi) is 6.54. The summed E-state index contributed by atoms with van der Waals surface area (Å²) in [6.07, 6.45) is 12.5. The number of fused-ring (bicyclic) bond motifs is 6. The van der Waals surface area contributed by atoms with Gasteiger partial charge < -0.3 is 9.47 Å². The van der Waals surface area contributed by atoms with Crippen molar-refractivity contribution in [2.75, 3.05) is 4.90 Å². The van der Waals surface area contributed by atoms with Crippen LogP contribution >= 0.6 is 0 Å². The van der Waals surface area contributed by atoms with E-state index in [0.29, 0.717) is 11.1 Å². The third-order valence-corrected chi connectivity index (χ3v) is 10.6. The molecule has 2 aliphatic carbocycles. The minimum Gasteiger partial charge on any atom is -0.331 e. The molecule has 0 saturated heterocycles. The second kappa shape index (κ2) is 11.1. The van der Waals surface area contributed by atoms with Gasteiger partial charge in [-0.3, -0.25) is 0 Å². The Balaban J connectivity index is 1.21.